The van der Waals surface area contributed by atoms with Crippen LogP contribution in [-0.4, -0.2) is 40.6 Å². The monoisotopic (exact) mass is 368 g/mol. The number of esters is 1. The predicted molar refractivity (Wildman–Crippen MR) is 93.4 cm³/mol. The Labute approximate surface area is 154 Å². The largest absolute Gasteiger partial charge is 0.507 e. The minimum atomic E-state index is -0.759. The van der Waals surface area contributed by atoms with Crippen molar-refractivity contribution < 1.29 is 34.1 Å². The molecule has 0 amide bonds. The van der Waals surface area contributed by atoms with Crippen LogP contribution in [0, 0.1) is 0 Å². The van der Waals surface area contributed by atoms with Crippen LogP contribution in [0.5, 0.6) is 11.5 Å². The summed E-state index contributed by atoms with van der Waals surface area (Å²) < 4.78 is 4.61. The van der Waals surface area contributed by atoms with Crippen molar-refractivity contribution in [1.29, 1.82) is 0 Å². The van der Waals surface area contributed by atoms with Gasteiger partial charge in [0, 0.05) is 17.5 Å². The van der Waals surface area contributed by atoms with Crippen LogP contribution in [0.1, 0.15) is 61.1 Å². The molecule has 3 rings (SSSR count). The van der Waals surface area contributed by atoms with Crippen molar-refractivity contribution in [2.45, 2.75) is 19.8 Å². The zero-order chi connectivity index (χ0) is 19.9. The zero-order valence-corrected chi connectivity index (χ0v) is 14.7. The van der Waals surface area contributed by atoms with Crippen LogP contribution in [0.2, 0.25) is 0 Å². The summed E-state index contributed by atoms with van der Waals surface area (Å²) in [7, 11) is 1.18. The lowest BCUT2D eigenvalue weighted by Gasteiger charge is -2.22. The molecule has 7 heteroatoms. The van der Waals surface area contributed by atoms with Crippen molar-refractivity contribution >= 4 is 23.3 Å². The number of rotatable bonds is 4. The number of fused-ring (bicyclic) bond motifs is 2. The van der Waals surface area contributed by atoms with E-state index in [2.05, 4.69) is 4.74 Å². The van der Waals surface area contributed by atoms with Gasteiger partial charge in [-0.2, -0.15) is 0 Å². The third-order valence-electron chi connectivity index (χ3n) is 4.53. The highest BCUT2D eigenvalue weighted by molar-refractivity contribution is 6.31. The SMILES string of the molecule is CCC(=O)c1c(CC(=O)OC)cc2c(c1O)C(=O)c1c(O)cccc1C2=O. The van der Waals surface area contributed by atoms with Gasteiger partial charge < -0.3 is 14.9 Å². The second-order valence-electron chi connectivity index (χ2n) is 6.07. The number of ether oxygens (including phenoxy) is 1. The average molecular weight is 368 g/mol. The van der Waals surface area contributed by atoms with Crippen LogP contribution in [0.3, 0.4) is 0 Å². The van der Waals surface area contributed by atoms with E-state index in [0.29, 0.717) is 0 Å². The summed E-state index contributed by atoms with van der Waals surface area (Å²) in [6.07, 6.45) is -0.322. The standard InChI is InChI=1S/C20H16O7/c1-3-12(21)15-9(8-14(23)27-2)7-11-17(19(15)25)20(26)16-10(18(11)24)5-4-6-13(16)22/h4-7,22,25H,3,8H2,1-2H3. The summed E-state index contributed by atoms with van der Waals surface area (Å²) in [5.74, 6) is -3.55. The molecule has 0 unspecified atom stereocenters. The van der Waals surface area contributed by atoms with Gasteiger partial charge in [0.25, 0.3) is 0 Å². The Morgan fingerprint density at radius 3 is 2.37 bits per heavy atom. The molecule has 0 saturated carbocycles. The number of Topliss-reactive ketones (excluding diaryl/α,β-unsaturated/α-hetero) is 1. The van der Waals surface area contributed by atoms with Gasteiger partial charge >= 0.3 is 5.97 Å². The van der Waals surface area contributed by atoms with E-state index < -0.39 is 34.8 Å². The van der Waals surface area contributed by atoms with E-state index in [0.717, 1.165) is 0 Å². The molecule has 0 heterocycles. The van der Waals surface area contributed by atoms with E-state index in [1.54, 1.807) is 6.92 Å². The molecule has 1 aliphatic rings. The Bertz CT molecular complexity index is 1020. The summed E-state index contributed by atoms with van der Waals surface area (Å²) >= 11 is 0. The molecular weight excluding hydrogens is 352 g/mol. The number of hydrogen-bond donors (Lipinski definition) is 2. The van der Waals surface area contributed by atoms with Crippen molar-refractivity contribution in [2.24, 2.45) is 0 Å². The van der Waals surface area contributed by atoms with Gasteiger partial charge in [0.2, 0.25) is 5.78 Å². The molecule has 2 aromatic rings. The average Bonchev–Trinajstić information content (AvgIpc) is 2.65. The van der Waals surface area contributed by atoms with Gasteiger partial charge in [-0.3, -0.25) is 19.2 Å². The number of ketones is 3. The summed E-state index contributed by atoms with van der Waals surface area (Å²) in [5, 5.41) is 20.7. The Morgan fingerprint density at radius 2 is 1.74 bits per heavy atom. The Hall–Kier alpha value is -3.48. The molecule has 0 aromatic heterocycles. The van der Waals surface area contributed by atoms with Gasteiger partial charge in [-0.05, 0) is 17.7 Å². The fourth-order valence-corrected chi connectivity index (χ4v) is 3.23. The molecule has 0 spiro atoms. The van der Waals surface area contributed by atoms with Gasteiger partial charge in [0.15, 0.2) is 11.6 Å². The first-order chi connectivity index (χ1) is 12.8. The molecule has 1 aliphatic carbocycles. The summed E-state index contributed by atoms with van der Waals surface area (Å²) in [6.45, 7) is 1.57. The van der Waals surface area contributed by atoms with E-state index in [-0.39, 0.29) is 46.2 Å². The number of carbonyl (C=O) groups is 4. The van der Waals surface area contributed by atoms with Crippen LogP contribution in [0.4, 0.5) is 0 Å². The van der Waals surface area contributed by atoms with E-state index in [9.17, 15) is 29.4 Å². The third kappa shape index (κ3) is 2.77. The molecule has 0 atom stereocenters. The molecular formula is C20H16O7. The number of phenolic OH excluding ortho intramolecular Hbond substituents is 2. The molecule has 0 fully saturated rings. The molecule has 0 saturated heterocycles. The number of carbonyl (C=O) groups excluding carboxylic acids is 4. The number of methoxy groups -OCH3 is 1. The highest BCUT2D eigenvalue weighted by atomic mass is 16.5. The van der Waals surface area contributed by atoms with Crippen molar-refractivity contribution in [3.8, 4) is 11.5 Å². The highest BCUT2D eigenvalue weighted by Gasteiger charge is 2.37. The van der Waals surface area contributed by atoms with Crippen molar-refractivity contribution in [2.75, 3.05) is 7.11 Å². The quantitative estimate of drug-likeness (QED) is 0.535. The lowest BCUT2D eigenvalue weighted by Crippen LogP contribution is -2.23. The molecule has 7 nitrogen and oxygen atoms in total. The first-order valence-electron chi connectivity index (χ1n) is 8.22. The lowest BCUT2D eigenvalue weighted by atomic mass is 9.80. The third-order valence-corrected chi connectivity index (χ3v) is 4.53. The number of benzene rings is 2. The van der Waals surface area contributed by atoms with Crippen LogP contribution in [0.25, 0.3) is 0 Å². The van der Waals surface area contributed by atoms with E-state index in [4.69, 9.17) is 0 Å². The first-order valence-corrected chi connectivity index (χ1v) is 8.22. The van der Waals surface area contributed by atoms with E-state index in [1.165, 1.54) is 31.4 Å². The van der Waals surface area contributed by atoms with E-state index >= 15 is 0 Å². The van der Waals surface area contributed by atoms with Gasteiger partial charge in [-0.1, -0.05) is 19.1 Å². The predicted octanol–water partition coefficient (Wildman–Crippen LogP) is 2.18. The van der Waals surface area contributed by atoms with Gasteiger partial charge in [-0.15, -0.1) is 0 Å². The minimum Gasteiger partial charge on any atom is -0.507 e. The van der Waals surface area contributed by atoms with E-state index in [1.807, 2.05) is 0 Å². The van der Waals surface area contributed by atoms with Crippen LogP contribution in [0.15, 0.2) is 24.3 Å². The summed E-state index contributed by atoms with van der Waals surface area (Å²) in [6, 6.07) is 5.34. The maximum atomic E-state index is 12.9. The summed E-state index contributed by atoms with van der Waals surface area (Å²) in [4.78, 5) is 49.8. The van der Waals surface area contributed by atoms with Crippen molar-refractivity contribution in [3.63, 3.8) is 0 Å². The normalized spacial score (nSPS) is 12.4. The van der Waals surface area contributed by atoms with Gasteiger partial charge in [0.05, 0.1) is 30.2 Å². The van der Waals surface area contributed by atoms with Gasteiger partial charge in [-0.25, -0.2) is 0 Å². The minimum absolute atomic E-state index is 0.00881. The number of phenols is 2. The smallest absolute Gasteiger partial charge is 0.310 e. The van der Waals surface area contributed by atoms with Crippen LogP contribution in [-0.2, 0) is 16.0 Å². The van der Waals surface area contributed by atoms with Crippen molar-refractivity contribution in [3.05, 3.63) is 57.6 Å². The Kier molecular flexibility index (Phi) is 4.53. The van der Waals surface area contributed by atoms with Crippen LogP contribution < -0.4 is 0 Å². The number of aromatic hydroxyl groups is 2. The summed E-state index contributed by atoms with van der Waals surface area (Å²) in [5.41, 5.74) is -0.788. The molecule has 138 valence electrons. The van der Waals surface area contributed by atoms with Crippen LogP contribution >= 0.6 is 0 Å². The number of hydrogen-bond acceptors (Lipinski definition) is 7. The highest BCUT2D eigenvalue weighted by Crippen LogP contribution is 2.40. The Morgan fingerprint density at radius 1 is 1.04 bits per heavy atom. The second kappa shape index (κ2) is 6.68. The Balaban J connectivity index is 2.33. The maximum absolute atomic E-state index is 12.9. The lowest BCUT2D eigenvalue weighted by molar-refractivity contribution is -0.139. The molecule has 27 heavy (non-hydrogen) atoms. The fraction of sp³-hybridized carbons (Fsp3) is 0.200. The molecule has 0 radical (unpaired) electrons. The van der Waals surface area contributed by atoms with Crippen molar-refractivity contribution in [1.82, 2.24) is 0 Å². The molecule has 2 aromatic carbocycles. The topological polar surface area (TPSA) is 118 Å². The van der Waals surface area contributed by atoms with Gasteiger partial charge in [0.1, 0.15) is 11.5 Å². The molecule has 0 aliphatic heterocycles. The first kappa shape index (κ1) is 18.3. The fourth-order valence-electron chi connectivity index (χ4n) is 3.23. The maximum Gasteiger partial charge on any atom is 0.310 e. The molecule has 0 bridgehead atoms. The second-order valence-corrected chi connectivity index (χ2v) is 6.07. The zero-order valence-electron chi connectivity index (χ0n) is 14.7. The molecule has 2 N–H and O–H groups in total.